The van der Waals surface area contributed by atoms with E-state index in [2.05, 4.69) is 0 Å². The van der Waals surface area contributed by atoms with Crippen LogP contribution >= 0.6 is 0 Å². The molecule has 0 fully saturated rings. The molecule has 24 heavy (non-hydrogen) atoms. The smallest absolute Gasteiger partial charge is 0.264 e. The van der Waals surface area contributed by atoms with E-state index in [4.69, 9.17) is 18.6 Å². The van der Waals surface area contributed by atoms with Crippen molar-refractivity contribution < 1.29 is 40.2 Å². The number of carbonyl (C=O) groups is 1. The molecule has 1 aromatic rings. The molecule has 136 valence electrons. The maximum atomic E-state index is 10.8. The molecule has 0 atom stereocenters. The number of ether oxygens (including phenoxy) is 2. The molecule has 0 unspecified atom stereocenters. The minimum absolute atomic E-state index is 0.0123. The van der Waals surface area contributed by atoms with Gasteiger partial charge in [-0.2, -0.15) is 16.8 Å². The van der Waals surface area contributed by atoms with Crippen molar-refractivity contribution in [2.45, 2.75) is 12.8 Å². The van der Waals surface area contributed by atoms with Gasteiger partial charge in [0, 0.05) is 5.56 Å². The van der Waals surface area contributed by atoms with Crippen molar-refractivity contribution in [2.24, 2.45) is 0 Å². The molecule has 0 heterocycles. The Morgan fingerprint density at radius 1 is 0.875 bits per heavy atom. The van der Waals surface area contributed by atoms with Gasteiger partial charge in [0.2, 0.25) is 0 Å². The molecule has 0 amide bonds. The number of rotatable bonds is 11. The Kier molecular flexibility index (Phi) is 7.60. The molecule has 0 aliphatic heterocycles. The van der Waals surface area contributed by atoms with Gasteiger partial charge in [-0.05, 0) is 31.0 Å². The van der Waals surface area contributed by atoms with Gasteiger partial charge in [-0.25, -0.2) is 0 Å². The van der Waals surface area contributed by atoms with Crippen LogP contribution in [0.25, 0.3) is 0 Å². The van der Waals surface area contributed by atoms with Crippen LogP contribution in [0.3, 0.4) is 0 Å². The second-order valence-electron chi connectivity index (χ2n) is 4.80. The Labute approximate surface area is 140 Å². The zero-order chi connectivity index (χ0) is 18.2. The molecule has 0 spiro atoms. The highest BCUT2D eigenvalue weighted by atomic mass is 32.2. The molecule has 0 aliphatic rings. The Bertz CT molecular complexity index is 754. The summed E-state index contributed by atoms with van der Waals surface area (Å²) in [7, 11) is -8.15. The topological polar surface area (TPSA) is 144 Å². The van der Waals surface area contributed by atoms with Crippen molar-refractivity contribution in [3.05, 3.63) is 23.8 Å². The second kappa shape index (κ2) is 8.97. The fourth-order valence-corrected chi connectivity index (χ4v) is 2.64. The average Bonchev–Trinajstić information content (AvgIpc) is 2.47. The fourth-order valence-electron chi connectivity index (χ4n) is 1.68. The van der Waals surface area contributed by atoms with Crippen molar-refractivity contribution in [1.29, 1.82) is 0 Å². The lowest BCUT2D eigenvalue weighted by molar-refractivity contribution is 0.112. The van der Waals surface area contributed by atoms with Crippen LogP contribution in [0.15, 0.2) is 18.2 Å². The molecule has 0 saturated heterocycles. The summed E-state index contributed by atoms with van der Waals surface area (Å²) >= 11 is 0. The molecular weight excluding hydrogens is 364 g/mol. The Morgan fingerprint density at radius 2 is 1.38 bits per heavy atom. The van der Waals surface area contributed by atoms with Crippen LogP contribution in [0.5, 0.6) is 11.5 Å². The van der Waals surface area contributed by atoms with Gasteiger partial charge in [0.15, 0.2) is 11.5 Å². The van der Waals surface area contributed by atoms with E-state index in [0.29, 0.717) is 11.8 Å². The first-order chi connectivity index (χ1) is 11.1. The Balaban J connectivity index is 2.64. The van der Waals surface area contributed by atoms with E-state index in [0.717, 1.165) is 0 Å². The van der Waals surface area contributed by atoms with Gasteiger partial charge in [-0.15, -0.1) is 0 Å². The summed E-state index contributed by atoms with van der Waals surface area (Å²) in [5.41, 5.74) is 0.310. The van der Waals surface area contributed by atoms with Gasteiger partial charge in [0.25, 0.3) is 20.2 Å². The lowest BCUT2D eigenvalue weighted by atomic mass is 10.2. The van der Waals surface area contributed by atoms with Gasteiger partial charge >= 0.3 is 0 Å². The molecule has 1 aromatic carbocycles. The maximum absolute atomic E-state index is 10.8. The van der Waals surface area contributed by atoms with Gasteiger partial charge in [0.05, 0.1) is 24.7 Å². The van der Waals surface area contributed by atoms with Crippen LogP contribution in [-0.2, 0) is 20.2 Å². The first-order valence-corrected chi connectivity index (χ1v) is 10.1. The van der Waals surface area contributed by atoms with Crippen LogP contribution in [0.1, 0.15) is 23.2 Å². The van der Waals surface area contributed by atoms with Crippen molar-refractivity contribution in [1.82, 2.24) is 0 Å². The molecular formula is C13H18O9S2. The minimum atomic E-state index is -4.08. The van der Waals surface area contributed by atoms with Gasteiger partial charge in [-0.3, -0.25) is 13.9 Å². The van der Waals surface area contributed by atoms with Crippen molar-refractivity contribution in [3.63, 3.8) is 0 Å². The molecule has 0 saturated carbocycles. The summed E-state index contributed by atoms with van der Waals surface area (Å²) < 4.78 is 70.4. The quantitative estimate of drug-likeness (QED) is 0.323. The molecule has 0 aliphatic carbocycles. The first-order valence-electron chi connectivity index (χ1n) is 6.86. The normalized spacial score (nSPS) is 11.9. The van der Waals surface area contributed by atoms with E-state index in [1.54, 1.807) is 0 Å². The van der Waals surface area contributed by atoms with Crippen molar-refractivity contribution in [2.75, 3.05) is 24.7 Å². The van der Waals surface area contributed by atoms with Crippen LogP contribution in [0.2, 0.25) is 0 Å². The number of aldehydes is 1. The Morgan fingerprint density at radius 3 is 1.83 bits per heavy atom. The highest BCUT2D eigenvalue weighted by Crippen LogP contribution is 2.28. The first kappa shape index (κ1) is 20.4. The third kappa shape index (κ3) is 8.82. The van der Waals surface area contributed by atoms with E-state index in [-0.39, 0.29) is 37.6 Å². The van der Waals surface area contributed by atoms with Crippen LogP contribution < -0.4 is 9.47 Å². The lowest BCUT2D eigenvalue weighted by Gasteiger charge is -2.13. The van der Waals surface area contributed by atoms with E-state index < -0.39 is 31.7 Å². The molecule has 9 nitrogen and oxygen atoms in total. The SMILES string of the molecule is O=Cc1ccc(OCCCS(=O)(=O)O)c(OCCCS(=O)(=O)O)c1. The average molecular weight is 382 g/mol. The zero-order valence-corrected chi connectivity index (χ0v) is 14.3. The van der Waals surface area contributed by atoms with E-state index in [1.165, 1.54) is 18.2 Å². The monoisotopic (exact) mass is 382 g/mol. The minimum Gasteiger partial charge on any atom is -0.490 e. The van der Waals surface area contributed by atoms with Crippen LogP contribution in [0.4, 0.5) is 0 Å². The lowest BCUT2D eigenvalue weighted by Crippen LogP contribution is -2.10. The standard InChI is InChI=1S/C13H18O9S2/c14-10-11-3-4-12(21-5-1-7-23(15,16)17)13(9-11)22-6-2-8-24(18,19)20/h3-4,9-10H,1-2,5-8H2,(H,15,16,17)(H,18,19,20). The molecule has 0 bridgehead atoms. The predicted octanol–water partition coefficient (Wildman–Crippen LogP) is 0.813. The molecule has 0 radical (unpaired) electrons. The molecule has 11 heteroatoms. The van der Waals surface area contributed by atoms with E-state index in [1.807, 2.05) is 0 Å². The van der Waals surface area contributed by atoms with Crippen molar-refractivity contribution in [3.8, 4) is 11.5 Å². The third-order valence-electron chi connectivity index (χ3n) is 2.71. The molecule has 1 rings (SSSR count). The maximum Gasteiger partial charge on any atom is 0.264 e. The fraction of sp³-hybridized carbons (Fsp3) is 0.462. The largest absolute Gasteiger partial charge is 0.490 e. The Hall–Kier alpha value is -1.69. The van der Waals surface area contributed by atoms with E-state index >= 15 is 0 Å². The number of carbonyl (C=O) groups excluding carboxylic acids is 1. The summed E-state index contributed by atoms with van der Waals surface area (Å²) in [6, 6.07) is 4.31. The van der Waals surface area contributed by atoms with Gasteiger partial charge < -0.3 is 9.47 Å². The number of benzene rings is 1. The highest BCUT2D eigenvalue weighted by molar-refractivity contribution is 7.86. The number of hydrogen-bond donors (Lipinski definition) is 2. The molecule has 0 aromatic heterocycles. The van der Waals surface area contributed by atoms with Gasteiger partial charge in [0.1, 0.15) is 6.29 Å². The summed E-state index contributed by atoms with van der Waals surface area (Å²) in [5, 5.41) is 0. The zero-order valence-electron chi connectivity index (χ0n) is 12.6. The predicted molar refractivity (Wildman–Crippen MR) is 84.9 cm³/mol. The number of hydrogen-bond acceptors (Lipinski definition) is 7. The highest BCUT2D eigenvalue weighted by Gasteiger charge is 2.10. The van der Waals surface area contributed by atoms with Crippen LogP contribution in [-0.4, -0.2) is 56.9 Å². The summed E-state index contributed by atoms with van der Waals surface area (Å²) in [5.74, 6) is -0.501. The van der Waals surface area contributed by atoms with Gasteiger partial charge in [-0.1, -0.05) is 0 Å². The third-order valence-corrected chi connectivity index (χ3v) is 4.32. The van der Waals surface area contributed by atoms with Crippen LogP contribution in [0, 0.1) is 0 Å². The summed E-state index contributed by atoms with van der Waals surface area (Å²) in [6.45, 7) is -0.0505. The van der Waals surface area contributed by atoms with Crippen molar-refractivity contribution >= 4 is 26.5 Å². The summed E-state index contributed by atoms with van der Waals surface area (Å²) in [4.78, 5) is 10.8. The second-order valence-corrected chi connectivity index (χ2v) is 7.94. The summed E-state index contributed by atoms with van der Waals surface area (Å²) in [6.07, 6.45) is 0.677. The van der Waals surface area contributed by atoms with E-state index in [9.17, 15) is 21.6 Å². The molecule has 2 N–H and O–H groups in total.